The molecule has 0 aliphatic heterocycles. The Morgan fingerprint density at radius 2 is 1.02 bits per heavy atom. The van der Waals surface area contributed by atoms with E-state index >= 15 is 0 Å². The van der Waals surface area contributed by atoms with E-state index in [2.05, 4.69) is 172 Å². The molecule has 0 amide bonds. The van der Waals surface area contributed by atoms with Crippen LogP contribution in [-0.4, -0.2) is 0 Å². The van der Waals surface area contributed by atoms with Crippen molar-refractivity contribution in [2.24, 2.45) is 0 Å². The van der Waals surface area contributed by atoms with Crippen molar-refractivity contribution in [3.05, 3.63) is 174 Å². The predicted octanol–water partition coefficient (Wildman–Crippen LogP) is 13.3. The van der Waals surface area contributed by atoms with Crippen molar-refractivity contribution < 1.29 is 4.42 Å². The Morgan fingerprint density at radius 1 is 0.420 bits per heavy atom. The maximum atomic E-state index is 6.25. The van der Waals surface area contributed by atoms with Crippen molar-refractivity contribution in [3.8, 4) is 33.4 Å². The molecule has 0 N–H and O–H groups in total. The van der Waals surface area contributed by atoms with E-state index in [-0.39, 0.29) is 10.8 Å². The third-order valence-electron chi connectivity index (χ3n) is 11.5. The van der Waals surface area contributed by atoms with E-state index in [0.29, 0.717) is 0 Å². The molecule has 2 heteroatoms. The molecule has 8 aromatic rings. The molecule has 10 rings (SSSR count). The van der Waals surface area contributed by atoms with Crippen LogP contribution in [0.25, 0.3) is 55.3 Å². The summed E-state index contributed by atoms with van der Waals surface area (Å²) in [5.41, 5.74) is 18.2. The van der Waals surface area contributed by atoms with Crippen LogP contribution in [0.3, 0.4) is 0 Å². The fraction of sp³-hybridized carbons (Fsp3) is 0.125. The van der Waals surface area contributed by atoms with E-state index in [4.69, 9.17) is 4.42 Å². The van der Waals surface area contributed by atoms with Crippen LogP contribution in [0.2, 0.25) is 0 Å². The second kappa shape index (κ2) is 10.3. The lowest BCUT2D eigenvalue weighted by molar-refractivity contribution is 0.660. The largest absolute Gasteiger partial charge is 0.456 e. The highest BCUT2D eigenvalue weighted by molar-refractivity contribution is 6.06. The Kier molecular flexibility index (Phi) is 6.01. The van der Waals surface area contributed by atoms with Gasteiger partial charge in [-0.15, -0.1) is 0 Å². The zero-order chi connectivity index (χ0) is 33.8. The zero-order valence-corrected chi connectivity index (χ0v) is 28.8. The summed E-state index contributed by atoms with van der Waals surface area (Å²) in [7, 11) is 0. The standard InChI is InChI=1S/C48H37NO/c1-47(2)40-16-8-6-13-35(40)39-29-33(25-27-42(39)47)49(43-18-11-15-38-34-12-5-9-17-41(34)48(3,4)46(38)43)32-23-20-30(21-24-32)31-22-26-37-36-14-7-10-19-44(36)50-45(37)28-31/h5-29H,1-4H3. The maximum Gasteiger partial charge on any atom is 0.136 e. The predicted molar refractivity (Wildman–Crippen MR) is 209 cm³/mol. The summed E-state index contributed by atoms with van der Waals surface area (Å²) in [4.78, 5) is 2.48. The Hall–Kier alpha value is -5.86. The lowest BCUT2D eigenvalue weighted by atomic mass is 9.81. The number of hydrogen-bond acceptors (Lipinski definition) is 2. The summed E-state index contributed by atoms with van der Waals surface area (Å²) >= 11 is 0. The smallest absolute Gasteiger partial charge is 0.136 e. The third kappa shape index (κ3) is 4.02. The van der Waals surface area contributed by atoms with E-state index < -0.39 is 0 Å². The molecular formula is C48H37NO. The second-order valence-corrected chi connectivity index (χ2v) is 15.0. The van der Waals surface area contributed by atoms with E-state index in [0.717, 1.165) is 44.4 Å². The van der Waals surface area contributed by atoms with Crippen LogP contribution in [0.5, 0.6) is 0 Å². The van der Waals surface area contributed by atoms with Crippen molar-refractivity contribution in [1.29, 1.82) is 0 Å². The minimum Gasteiger partial charge on any atom is -0.456 e. The first-order chi connectivity index (χ1) is 24.3. The van der Waals surface area contributed by atoms with E-state index in [1.807, 2.05) is 12.1 Å². The summed E-state index contributed by atoms with van der Waals surface area (Å²) in [5.74, 6) is 0. The molecule has 1 heterocycles. The number of nitrogens with zero attached hydrogens (tertiary/aromatic N) is 1. The van der Waals surface area contributed by atoms with E-state index in [1.165, 1.54) is 50.2 Å². The molecule has 0 fully saturated rings. The van der Waals surface area contributed by atoms with E-state index in [9.17, 15) is 0 Å². The minimum atomic E-state index is -0.159. The molecule has 0 atom stereocenters. The molecule has 0 bridgehead atoms. The fourth-order valence-electron chi connectivity index (χ4n) is 8.99. The number of hydrogen-bond donors (Lipinski definition) is 0. The molecule has 240 valence electrons. The number of benzene rings is 7. The van der Waals surface area contributed by atoms with Crippen LogP contribution >= 0.6 is 0 Å². The van der Waals surface area contributed by atoms with Crippen molar-refractivity contribution >= 4 is 39.0 Å². The van der Waals surface area contributed by atoms with Crippen LogP contribution in [0.1, 0.15) is 49.9 Å². The van der Waals surface area contributed by atoms with Crippen LogP contribution in [-0.2, 0) is 10.8 Å². The molecule has 0 saturated carbocycles. The molecule has 0 radical (unpaired) electrons. The van der Waals surface area contributed by atoms with Gasteiger partial charge in [0.1, 0.15) is 11.2 Å². The zero-order valence-electron chi connectivity index (χ0n) is 28.8. The van der Waals surface area contributed by atoms with Crippen LogP contribution in [0.15, 0.2) is 156 Å². The summed E-state index contributed by atoms with van der Waals surface area (Å²) in [6.45, 7) is 9.44. The highest BCUT2D eigenvalue weighted by Gasteiger charge is 2.39. The van der Waals surface area contributed by atoms with Gasteiger partial charge in [0, 0.05) is 33.0 Å². The Labute approximate surface area is 293 Å². The van der Waals surface area contributed by atoms with Gasteiger partial charge < -0.3 is 9.32 Å². The van der Waals surface area contributed by atoms with Gasteiger partial charge in [0.2, 0.25) is 0 Å². The monoisotopic (exact) mass is 643 g/mol. The van der Waals surface area contributed by atoms with Gasteiger partial charge in [-0.25, -0.2) is 0 Å². The first-order valence-corrected chi connectivity index (χ1v) is 17.6. The molecule has 2 nitrogen and oxygen atoms in total. The molecule has 1 aromatic heterocycles. The number of para-hydroxylation sites is 1. The summed E-state index contributed by atoms with van der Waals surface area (Å²) in [5, 5.41) is 2.30. The topological polar surface area (TPSA) is 16.4 Å². The van der Waals surface area contributed by atoms with Gasteiger partial charge in [-0.05, 0) is 104 Å². The molecule has 0 spiro atoms. The first kappa shape index (κ1) is 29.1. The van der Waals surface area contributed by atoms with Gasteiger partial charge in [-0.3, -0.25) is 0 Å². The second-order valence-electron chi connectivity index (χ2n) is 15.0. The lowest BCUT2D eigenvalue weighted by Crippen LogP contribution is -2.21. The van der Waals surface area contributed by atoms with Gasteiger partial charge in [-0.1, -0.05) is 131 Å². The highest BCUT2D eigenvalue weighted by Crippen LogP contribution is 2.55. The van der Waals surface area contributed by atoms with Gasteiger partial charge in [0.25, 0.3) is 0 Å². The van der Waals surface area contributed by atoms with Crippen molar-refractivity contribution in [3.63, 3.8) is 0 Å². The van der Waals surface area contributed by atoms with Gasteiger partial charge >= 0.3 is 0 Å². The lowest BCUT2D eigenvalue weighted by Gasteiger charge is -2.32. The van der Waals surface area contributed by atoms with Gasteiger partial charge in [0.15, 0.2) is 0 Å². The number of furan rings is 1. The Bertz CT molecular complexity index is 2650. The average Bonchev–Trinajstić information content (AvgIpc) is 3.72. The normalized spacial score (nSPS) is 14.7. The minimum absolute atomic E-state index is 0.0461. The summed E-state index contributed by atoms with van der Waals surface area (Å²) < 4.78 is 6.25. The van der Waals surface area contributed by atoms with Crippen LogP contribution < -0.4 is 4.90 Å². The SMILES string of the molecule is CC1(C)c2ccccc2-c2cc(N(c3ccc(-c4ccc5c(c4)oc4ccccc45)cc3)c3cccc4c3C(C)(C)c3ccccc3-4)ccc21. The maximum absolute atomic E-state index is 6.25. The van der Waals surface area contributed by atoms with Gasteiger partial charge in [-0.2, -0.15) is 0 Å². The Balaban J connectivity index is 1.15. The number of anilines is 3. The molecule has 2 aliphatic carbocycles. The number of rotatable bonds is 4. The van der Waals surface area contributed by atoms with Crippen LogP contribution in [0, 0.1) is 0 Å². The summed E-state index contributed by atoms with van der Waals surface area (Å²) in [6, 6.07) is 55.6. The molecule has 7 aromatic carbocycles. The van der Waals surface area contributed by atoms with Crippen molar-refractivity contribution in [1.82, 2.24) is 0 Å². The Morgan fingerprint density at radius 3 is 1.82 bits per heavy atom. The average molecular weight is 644 g/mol. The van der Waals surface area contributed by atoms with Crippen LogP contribution in [0.4, 0.5) is 17.1 Å². The third-order valence-corrected chi connectivity index (χ3v) is 11.5. The van der Waals surface area contributed by atoms with E-state index in [1.54, 1.807) is 0 Å². The highest BCUT2D eigenvalue weighted by atomic mass is 16.3. The number of fused-ring (bicyclic) bond motifs is 9. The molecule has 0 saturated heterocycles. The van der Waals surface area contributed by atoms with Crippen molar-refractivity contribution in [2.45, 2.75) is 38.5 Å². The molecule has 0 unspecified atom stereocenters. The quantitative estimate of drug-likeness (QED) is 0.190. The fourth-order valence-corrected chi connectivity index (χ4v) is 8.99. The molecule has 50 heavy (non-hydrogen) atoms. The van der Waals surface area contributed by atoms with Crippen molar-refractivity contribution in [2.75, 3.05) is 4.90 Å². The molecular weight excluding hydrogens is 607 g/mol. The van der Waals surface area contributed by atoms with Gasteiger partial charge in [0.05, 0.1) is 5.69 Å². The molecule has 2 aliphatic rings. The summed E-state index contributed by atoms with van der Waals surface area (Å²) in [6.07, 6.45) is 0. The first-order valence-electron chi connectivity index (χ1n) is 17.6.